The first-order valence-corrected chi connectivity index (χ1v) is 7.98. The zero-order chi connectivity index (χ0) is 14.9. The molecule has 0 saturated heterocycles. The normalized spacial score (nSPS) is 18.4. The lowest BCUT2D eigenvalue weighted by atomic mass is 9.78. The number of hydrogen-bond acceptors (Lipinski definition) is 1. The maximum absolute atomic E-state index is 14.2. The average Bonchev–Trinajstić information content (AvgIpc) is 3.22. The summed E-state index contributed by atoms with van der Waals surface area (Å²) < 4.78 is 28.5. The van der Waals surface area contributed by atoms with E-state index in [-0.39, 0.29) is 11.0 Å². The Bertz CT molecular complexity index is 486. The van der Waals surface area contributed by atoms with E-state index in [4.69, 9.17) is 0 Å². The molecule has 0 bridgehead atoms. The van der Waals surface area contributed by atoms with Crippen molar-refractivity contribution < 1.29 is 8.78 Å². The van der Waals surface area contributed by atoms with Crippen LogP contribution in [0.15, 0.2) is 16.6 Å². The molecule has 1 unspecified atom stereocenters. The fraction of sp³-hybridized carbons (Fsp3) is 0.625. The van der Waals surface area contributed by atoms with Gasteiger partial charge in [0.05, 0.1) is 4.47 Å². The van der Waals surface area contributed by atoms with Gasteiger partial charge in [0.2, 0.25) is 0 Å². The van der Waals surface area contributed by atoms with Gasteiger partial charge in [0.1, 0.15) is 11.6 Å². The van der Waals surface area contributed by atoms with Crippen LogP contribution in [0.4, 0.5) is 8.78 Å². The minimum absolute atomic E-state index is 0.0905. The third-order valence-corrected chi connectivity index (χ3v) is 4.81. The van der Waals surface area contributed by atoms with Crippen molar-refractivity contribution in [1.29, 1.82) is 0 Å². The van der Waals surface area contributed by atoms with Gasteiger partial charge in [0.15, 0.2) is 0 Å². The molecule has 4 heteroatoms. The number of rotatable bonds is 6. The third-order valence-electron chi connectivity index (χ3n) is 4.20. The number of benzene rings is 1. The molecular weight excluding hydrogens is 324 g/mol. The second-order valence-corrected chi connectivity index (χ2v) is 7.32. The highest BCUT2D eigenvalue weighted by Crippen LogP contribution is 2.47. The first kappa shape index (κ1) is 15.9. The van der Waals surface area contributed by atoms with E-state index in [9.17, 15) is 8.78 Å². The maximum Gasteiger partial charge on any atom is 0.143 e. The monoisotopic (exact) mass is 345 g/mol. The van der Waals surface area contributed by atoms with E-state index in [1.54, 1.807) is 0 Å². The average molecular weight is 346 g/mol. The molecule has 0 radical (unpaired) electrons. The molecule has 2 rings (SSSR count). The summed E-state index contributed by atoms with van der Waals surface area (Å²) in [6, 6.07) is 3.14. The zero-order valence-corrected chi connectivity index (χ0v) is 13.9. The van der Waals surface area contributed by atoms with Gasteiger partial charge in [0.25, 0.3) is 0 Å². The van der Waals surface area contributed by atoms with Crippen LogP contribution >= 0.6 is 15.9 Å². The topological polar surface area (TPSA) is 12.0 Å². The zero-order valence-electron chi connectivity index (χ0n) is 12.3. The predicted molar refractivity (Wildman–Crippen MR) is 81.7 cm³/mol. The highest BCUT2D eigenvalue weighted by Gasteiger charge is 2.42. The Kier molecular flexibility index (Phi) is 4.85. The van der Waals surface area contributed by atoms with Crippen LogP contribution in [0.1, 0.15) is 39.2 Å². The summed E-state index contributed by atoms with van der Waals surface area (Å²) in [4.78, 5) is 0. The first-order chi connectivity index (χ1) is 9.33. The number of nitrogens with one attached hydrogen (secondary N) is 1. The number of hydrogen-bond donors (Lipinski definition) is 1. The molecule has 0 amide bonds. The van der Waals surface area contributed by atoms with Gasteiger partial charge >= 0.3 is 0 Å². The molecule has 20 heavy (non-hydrogen) atoms. The Labute approximate surface area is 128 Å². The Balaban J connectivity index is 2.22. The van der Waals surface area contributed by atoms with Crippen LogP contribution in [-0.2, 0) is 6.42 Å². The summed E-state index contributed by atoms with van der Waals surface area (Å²) in [5.41, 5.74) is 0.117. The van der Waals surface area contributed by atoms with Crippen molar-refractivity contribution in [1.82, 2.24) is 5.32 Å². The van der Waals surface area contributed by atoms with Gasteiger partial charge in [-0.15, -0.1) is 0 Å². The van der Waals surface area contributed by atoms with E-state index in [0.29, 0.717) is 22.9 Å². The van der Waals surface area contributed by atoms with Gasteiger partial charge in [-0.05, 0) is 58.7 Å². The molecule has 0 aromatic heterocycles. The third kappa shape index (κ3) is 3.59. The van der Waals surface area contributed by atoms with E-state index < -0.39 is 11.6 Å². The van der Waals surface area contributed by atoms with Crippen molar-refractivity contribution >= 4 is 15.9 Å². The van der Waals surface area contributed by atoms with Gasteiger partial charge in [-0.1, -0.05) is 20.8 Å². The largest absolute Gasteiger partial charge is 0.314 e. The van der Waals surface area contributed by atoms with Crippen molar-refractivity contribution in [3.8, 4) is 0 Å². The minimum Gasteiger partial charge on any atom is -0.314 e. The van der Waals surface area contributed by atoms with Crippen LogP contribution in [0.5, 0.6) is 0 Å². The smallest absolute Gasteiger partial charge is 0.143 e. The van der Waals surface area contributed by atoms with E-state index in [0.717, 1.165) is 19.4 Å². The van der Waals surface area contributed by atoms with Crippen LogP contribution < -0.4 is 5.32 Å². The summed E-state index contributed by atoms with van der Waals surface area (Å²) in [7, 11) is 0. The van der Waals surface area contributed by atoms with Crippen LogP contribution in [-0.4, -0.2) is 12.6 Å². The molecule has 0 spiro atoms. The lowest BCUT2D eigenvalue weighted by Crippen LogP contribution is -2.39. The van der Waals surface area contributed by atoms with Gasteiger partial charge in [-0.25, -0.2) is 8.78 Å². The van der Waals surface area contributed by atoms with Gasteiger partial charge in [-0.2, -0.15) is 0 Å². The molecule has 112 valence electrons. The molecule has 0 heterocycles. The second-order valence-electron chi connectivity index (χ2n) is 6.46. The van der Waals surface area contributed by atoms with Crippen LogP contribution in [0.3, 0.4) is 0 Å². The minimum atomic E-state index is -0.457. The van der Waals surface area contributed by atoms with Crippen LogP contribution in [0, 0.1) is 23.0 Å². The fourth-order valence-electron chi connectivity index (χ4n) is 2.70. The van der Waals surface area contributed by atoms with Gasteiger partial charge in [-0.3, -0.25) is 0 Å². The summed E-state index contributed by atoms with van der Waals surface area (Å²) in [6.45, 7) is 7.11. The molecule has 1 atom stereocenters. The Hall–Kier alpha value is -0.480. The van der Waals surface area contributed by atoms with Crippen molar-refractivity contribution in [3.05, 3.63) is 33.8 Å². The van der Waals surface area contributed by atoms with Crippen LogP contribution in [0.25, 0.3) is 0 Å². The molecule has 1 aromatic rings. The van der Waals surface area contributed by atoms with Gasteiger partial charge < -0.3 is 5.32 Å². The van der Waals surface area contributed by atoms with Crippen molar-refractivity contribution in [3.63, 3.8) is 0 Å². The van der Waals surface area contributed by atoms with E-state index in [1.807, 2.05) is 0 Å². The summed E-state index contributed by atoms with van der Waals surface area (Å²) in [5, 5.41) is 3.42. The molecule has 0 aliphatic heterocycles. The second kappa shape index (κ2) is 6.10. The van der Waals surface area contributed by atoms with Crippen molar-refractivity contribution in [2.75, 3.05) is 6.54 Å². The molecule has 1 fully saturated rings. The standard InChI is InChI=1S/C16H22BrF2N/c1-10(2)20-9-16(3,11-4-5-11)8-12-14(18)7-6-13(17)15(12)19/h6-7,10-11,20H,4-5,8-9H2,1-3H3. The molecule has 1 N–H and O–H groups in total. The number of halogens is 3. The lowest BCUT2D eigenvalue weighted by Gasteiger charge is -2.31. The Morgan fingerprint density at radius 3 is 2.55 bits per heavy atom. The van der Waals surface area contributed by atoms with E-state index >= 15 is 0 Å². The van der Waals surface area contributed by atoms with E-state index in [2.05, 4.69) is 42.0 Å². The quantitative estimate of drug-likeness (QED) is 0.738. The first-order valence-electron chi connectivity index (χ1n) is 7.19. The highest BCUT2D eigenvalue weighted by molar-refractivity contribution is 9.10. The highest BCUT2D eigenvalue weighted by atomic mass is 79.9. The molecule has 1 aliphatic carbocycles. The lowest BCUT2D eigenvalue weighted by molar-refractivity contribution is 0.242. The summed E-state index contributed by atoms with van der Waals surface area (Å²) in [5.74, 6) is -0.338. The van der Waals surface area contributed by atoms with Crippen molar-refractivity contribution in [2.45, 2.75) is 46.1 Å². The molecule has 1 nitrogen and oxygen atoms in total. The predicted octanol–water partition coefficient (Wildman–Crippen LogP) is 4.68. The van der Waals surface area contributed by atoms with Crippen LogP contribution in [0.2, 0.25) is 0 Å². The van der Waals surface area contributed by atoms with E-state index in [1.165, 1.54) is 12.1 Å². The molecule has 1 saturated carbocycles. The molecule has 1 aromatic carbocycles. The molecular formula is C16H22BrF2N. The summed E-state index contributed by atoms with van der Waals surface area (Å²) >= 11 is 3.15. The van der Waals surface area contributed by atoms with Gasteiger partial charge in [0, 0.05) is 18.2 Å². The summed E-state index contributed by atoms with van der Waals surface area (Å²) in [6.07, 6.45) is 2.76. The molecule has 1 aliphatic rings. The Morgan fingerprint density at radius 2 is 2.00 bits per heavy atom. The SMILES string of the molecule is CC(C)NCC(C)(Cc1c(F)ccc(Br)c1F)C1CC1. The maximum atomic E-state index is 14.2. The Morgan fingerprint density at radius 1 is 1.35 bits per heavy atom. The van der Waals surface area contributed by atoms with Crippen molar-refractivity contribution in [2.24, 2.45) is 11.3 Å². The fourth-order valence-corrected chi connectivity index (χ4v) is 3.08.